The number of rotatable bonds is 2. The number of alkyl halides is 1. The first kappa shape index (κ1) is 12.5. The largest absolute Gasteiger partial charge is 0.394 e. The third kappa shape index (κ3) is 2.36. The maximum atomic E-state index is 13.4. The lowest BCUT2D eigenvalue weighted by molar-refractivity contribution is -0.0358. The van der Waals surface area contributed by atoms with Crippen molar-refractivity contribution in [3.05, 3.63) is 22.4 Å². The zero-order valence-corrected chi connectivity index (χ0v) is 10.1. The van der Waals surface area contributed by atoms with E-state index < -0.39 is 30.8 Å². The molecule has 1 fully saturated rings. The van der Waals surface area contributed by atoms with E-state index in [1.807, 2.05) is 0 Å². The topological polar surface area (TPSA) is 64.4 Å². The van der Waals surface area contributed by atoms with Crippen molar-refractivity contribution in [3.63, 3.8) is 0 Å². The number of halogens is 1. The number of hydrogen-bond donors (Lipinski definition) is 2. The quantitative estimate of drug-likeness (QED) is 0.758. The summed E-state index contributed by atoms with van der Waals surface area (Å²) in [6, 6.07) is 0. The highest BCUT2D eigenvalue weighted by molar-refractivity contribution is 7.80. The molecule has 0 bridgehead atoms. The SMILES string of the molecule is Cc1nc(=O)n([C@H]2C[C@H](F)[C@@H](CO)O2)cc1S. The fourth-order valence-electron chi connectivity index (χ4n) is 1.77. The van der Waals surface area contributed by atoms with Crippen LogP contribution in [0.25, 0.3) is 0 Å². The maximum absolute atomic E-state index is 13.4. The van der Waals surface area contributed by atoms with Gasteiger partial charge < -0.3 is 9.84 Å². The summed E-state index contributed by atoms with van der Waals surface area (Å²) < 4.78 is 19.9. The molecule has 0 spiro atoms. The van der Waals surface area contributed by atoms with Gasteiger partial charge in [0.2, 0.25) is 0 Å². The number of aryl methyl sites for hydroxylation is 1. The molecule has 0 aliphatic carbocycles. The fourth-order valence-corrected chi connectivity index (χ4v) is 1.94. The second-order valence-electron chi connectivity index (χ2n) is 3.96. The van der Waals surface area contributed by atoms with Crippen molar-refractivity contribution in [2.24, 2.45) is 0 Å². The molecule has 17 heavy (non-hydrogen) atoms. The minimum atomic E-state index is -1.28. The molecular weight excluding hydrogens is 247 g/mol. The number of aromatic nitrogens is 2. The van der Waals surface area contributed by atoms with Crippen LogP contribution in [0.2, 0.25) is 0 Å². The summed E-state index contributed by atoms with van der Waals surface area (Å²) in [6.07, 6.45) is -1.37. The third-order valence-corrected chi connectivity index (χ3v) is 3.21. The van der Waals surface area contributed by atoms with Crippen LogP contribution in [0.15, 0.2) is 15.9 Å². The van der Waals surface area contributed by atoms with Gasteiger partial charge in [-0.05, 0) is 6.92 Å². The van der Waals surface area contributed by atoms with Gasteiger partial charge in [0.1, 0.15) is 18.5 Å². The molecule has 3 atom stereocenters. The van der Waals surface area contributed by atoms with Crippen LogP contribution >= 0.6 is 12.6 Å². The Labute approximate surface area is 103 Å². The van der Waals surface area contributed by atoms with Gasteiger partial charge in [-0.3, -0.25) is 4.57 Å². The minimum absolute atomic E-state index is 0.0308. The molecule has 0 saturated carbocycles. The van der Waals surface area contributed by atoms with E-state index in [-0.39, 0.29) is 6.42 Å². The Morgan fingerprint density at radius 3 is 3.06 bits per heavy atom. The van der Waals surface area contributed by atoms with Crippen molar-refractivity contribution >= 4 is 12.6 Å². The summed E-state index contributed by atoms with van der Waals surface area (Å²) in [4.78, 5) is 15.9. The lowest BCUT2D eigenvalue weighted by atomic mass is 10.2. The molecule has 5 nitrogen and oxygen atoms in total. The van der Waals surface area contributed by atoms with Crippen LogP contribution in [0.3, 0.4) is 0 Å². The Kier molecular flexibility index (Phi) is 3.50. The Morgan fingerprint density at radius 2 is 2.47 bits per heavy atom. The number of aliphatic hydroxyl groups excluding tert-OH is 1. The van der Waals surface area contributed by atoms with Gasteiger partial charge in [-0.2, -0.15) is 4.98 Å². The summed E-state index contributed by atoms with van der Waals surface area (Å²) >= 11 is 4.15. The number of aliphatic hydroxyl groups is 1. The van der Waals surface area contributed by atoms with E-state index in [4.69, 9.17) is 9.84 Å². The molecule has 2 rings (SSSR count). The van der Waals surface area contributed by atoms with Gasteiger partial charge in [0.15, 0.2) is 0 Å². The number of ether oxygens (including phenoxy) is 1. The van der Waals surface area contributed by atoms with E-state index in [1.165, 1.54) is 10.8 Å². The van der Waals surface area contributed by atoms with Crippen molar-refractivity contribution in [2.45, 2.75) is 36.7 Å². The highest BCUT2D eigenvalue weighted by Gasteiger charge is 2.36. The van der Waals surface area contributed by atoms with Gasteiger partial charge in [-0.15, -0.1) is 12.6 Å². The summed E-state index contributed by atoms with van der Waals surface area (Å²) in [5, 5.41) is 8.89. The van der Waals surface area contributed by atoms with Crippen LogP contribution in [0.1, 0.15) is 18.3 Å². The molecular formula is C10H13FN2O3S. The molecule has 0 aromatic carbocycles. The number of thiol groups is 1. The molecule has 1 aromatic rings. The molecule has 1 N–H and O–H groups in total. The van der Waals surface area contributed by atoms with Gasteiger partial charge >= 0.3 is 5.69 Å². The predicted molar refractivity (Wildman–Crippen MR) is 61.0 cm³/mol. The van der Waals surface area contributed by atoms with Gasteiger partial charge in [-0.1, -0.05) is 0 Å². The highest BCUT2D eigenvalue weighted by atomic mass is 32.1. The van der Waals surface area contributed by atoms with E-state index in [0.29, 0.717) is 10.6 Å². The smallest absolute Gasteiger partial charge is 0.349 e. The van der Waals surface area contributed by atoms with Crippen molar-refractivity contribution < 1.29 is 14.2 Å². The molecule has 0 radical (unpaired) electrons. The van der Waals surface area contributed by atoms with Crippen molar-refractivity contribution in [1.29, 1.82) is 0 Å². The van der Waals surface area contributed by atoms with Crippen LogP contribution in [0.4, 0.5) is 4.39 Å². The second kappa shape index (κ2) is 4.75. The fraction of sp³-hybridized carbons (Fsp3) is 0.600. The first-order chi connectivity index (χ1) is 8.02. The van der Waals surface area contributed by atoms with Crippen molar-refractivity contribution in [3.8, 4) is 0 Å². The summed E-state index contributed by atoms with van der Waals surface area (Å²) in [7, 11) is 0. The average molecular weight is 260 g/mol. The average Bonchev–Trinajstić information content (AvgIpc) is 2.65. The minimum Gasteiger partial charge on any atom is -0.394 e. The summed E-state index contributed by atoms with van der Waals surface area (Å²) in [5.41, 5.74) is 0.0131. The lowest BCUT2D eigenvalue weighted by Crippen LogP contribution is -2.28. The van der Waals surface area contributed by atoms with E-state index in [9.17, 15) is 9.18 Å². The van der Waals surface area contributed by atoms with E-state index in [2.05, 4.69) is 17.6 Å². The molecule has 7 heteroatoms. The first-order valence-corrected chi connectivity index (χ1v) is 5.66. The van der Waals surface area contributed by atoms with E-state index in [1.54, 1.807) is 6.92 Å². The zero-order valence-electron chi connectivity index (χ0n) is 9.21. The molecule has 1 saturated heterocycles. The van der Waals surface area contributed by atoms with Gasteiger partial charge in [0, 0.05) is 17.5 Å². The van der Waals surface area contributed by atoms with Crippen LogP contribution in [-0.2, 0) is 4.74 Å². The number of nitrogens with zero attached hydrogens (tertiary/aromatic N) is 2. The molecule has 1 aliphatic rings. The molecule has 0 amide bonds. The maximum Gasteiger partial charge on any atom is 0.349 e. The molecule has 94 valence electrons. The van der Waals surface area contributed by atoms with Crippen LogP contribution in [0.5, 0.6) is 0 Å². The van der Waals surface area contributed by atoms with Gasteiger partial charge in [-0.25, -0.2) is 9.18 Å². The summed E-state index contributed by atoms with van der Waals surface area (Å²) in [5.74, 6) is 0. The second-order valence-corrected chi connectivity index (χ2v) is 4.45. The Bertz CT molecular complexity index is 479. The standard InChI is InChI=1S/C10H13FN2O3S/c1-5-8(17)3-13(10(15)12-5)9-2-6(11)7(4-14)16-9/h3,6-7,9,14,17H,2,4H2,1H3/t6-,7+,9+/m0/s1. The number of hydrogen-bond acceptors (Lipinski definition) is 5. The van der Waals surface area contributed by atoms with E-state index in [0.717, 1.165) is 0 Å². The third-order valence-electron chi connectivity index (χ3n) is 2.77. The monoisotopic (exact) mass is 260 g/mol. The Morgan fingerprint density at radius 1 is 1.76 bits per heavy atom. The molecule has 2 heterocycles. The Balaban J connectivity index is 2.30. The predicted octanol–water partition coefficient (Wildman–Crippen LogP) is 0.458. The molecule has 0 unspecified atom stereocenters. The molecule has 1 aromatic heterocycles. The lowest BCUT2D eigenvalue weighted by Gasteiger charge is -2.14. The highest BCUT2D eigenvalue weighted by Crippen LogP contribution is 2.29. The van der Waals surface area contributed by atoms with Gasteiger partial charge in [0.05, 0.1) is 12.3 Å². The van der Waals surface area contributed by atoms with Crippen LogP contribution in [0, 0.1) is 6.92 Å². The first-order valence-electron chi connectivity index (χ1n) is 5.22. The van der Waals surface area contributed by atoms with Gasteiger partial charge in [0.25, 0.3) is 0 Å². The van der Waals surface area contributed by atoms with Crippen LogP contribution in [-0.4, -0.2) is 33.5 Å². The van der Waals surface area contributed by atoms with Crippen molar-refractivity contribution in [2.75, 3.05) is 6.61 Å². The molecule has 1 aliphatic heterocycles. The summed E-state index contributed by atoms with van der Waals surface area (Å²) in [6.45, 7) is 1.26. The van der Waals surface area contributed by atoms with Crippen molar-refractivity contribution in [1.82, 2.24) is 9.55 Å². The van der Waals surface area contributed by atoms with E-state index >= 15 is 0 Å². The zero-order chi connectivity index (χ0) is 12.6. The Hall–Kier alpha value is -0.920. The normalized spacial score (nSPS) is 28.6. The van der Waals surface area contributed by atoms with Crippen LogP contribution < -0.4 is 5.69 Å².